The summed E-state index contributed by atoms with van der Waals surface area (Å²) in [5.74, 6) is 0.651. The van der Waals surface area contributed by atoms with Gasteiger partial charge in [-0.1, -0.05) is 31.4 Å². The third-order valence-electron chi connectivity index (χ3n) is 8.65. The highest BCUT2D eigenvalue weighted by molar-refractivity contribution is 7.17. The van der Waals surface area contributed by atoms with Crippen molar-refractivity contribution in [2.45, 2.75) is 57.8 Å². The number of amides is 2. The van der Waals surface area contributed by atoms with E-state index in [0.717, 1.165) is 88.2 Å². The van der Waals surface area contributed by atoms with Gasteiger partial charge in [-0.3, -0.25) is 14.5 Å². The molecule has 3 aliphatic rings. The number of aryl methyl sites for hydroxylation is 1. The zero-order chi connectivity index (χ0) is 26.6. The van der Waals surface area contributed by atoms with Gasteiger partial charge in [0.05, 0.1) is 12.3 Å². The van der Waals surface area contributed by atoms with Crippen LogP contribution in [-0.4, -0.2) is 56.0 Å². The number of imide groups is 1. The molecule has 7 heteroatoms. The van der Waals surface area contributed by atoms with Crippen molar-refractivity contribution in [1.82, 2.24) is 4.90 Å². The van der Waals surface area contributed by atoms with E-state index < -0.39 is 0 Å². The maximum Gasteiger partial charge on any atom is 0.236 e. The van der Waals surface area contributed by atoms with E-state index in [0.29, 0.717) is 19.4 Å². The van der Waals surface area contributed by atoms with Crippen molar-refractivity contribution >= 4 is 44.6 Å². The predicted molar refractivity (Wildman–Crippen MR) is 159 cm³/mol. The third-order valence-corrected chi connectivity index (χ3v) is 9.54. The van der Waals surface area contributed by atoms with Gasteiger partial charge in [0.15, 0.2) is 0 Å². The Morgan fingerprint density at radius 2 is 1.77 bits per heavy atom. The number of nitrogens with zero attached hydrogens (tertiary/aromatic N) is 3. The minimum Gasteiger partial charge on any atom is -0.494 e. The summed E-state index contributed by atoms with van der Waals surface area (Å²) in [4.78, 5) is 32.7. The molecule has 2 amide bonds. The average Bonchev–Trinajstić information content (AvgIpc) is 3.47. The molecule has 0 bridgehead atoms. The number of unbranched alkanes of at least 4 members (excludes halogenated alkanes) is 1. The first-order valence-corrected chi connectivity index (χ1v) is 15.6. The number of carbonyl (C=O) groups excluding carboxylic acids is 2. The molecule has 3 aromatic rings. The van der Waals surface area contributed by atoms with Gasteiger partial charge < -0.3 is 9.64 Å². The van der Waals surface area contributed by atoms with Crippen molar-refractivity contribution < 1.29 is 14.3 Å². The topological polar surface area (TPSA) is 53.1 Å². The molecule has 206 valence electrons. The fraction of sp³-hybridized carbons (Fsp3) is 0.500. The number of hydrogen-bond acceptors (Lipinski definition) is 6. The summed E-state index contributed by atoms with van der Waals surface area (Å²) >= 11 is 1.81. The Morgan fingerprint density at radius 1 is 0.923 bits per heavy atom. The summed E-state index contributed by atoms with van der Waals surface area (Å²) in [7, 11) is 0. The van der Waals surface area contributed by atoms with Gasteiger partial charge in [-0.05, 0) is 73.9 Å². The molecule has 2 aromatic carbocycles. The molecule has 39 heavy (non-hydrogen) atoms. The number of rotatable bonds is 8. The quantitative estimate of drug-likeness (QED) is 0.247. The summed E-state index contributed by atoms with van der Waals surface area (Å²) in [5.41, 5.74) is 3.18. The first kappa shape index (κ1) is 26.3. The highest BCUT2D eigenvalue weighted by atomic mass is 32.1. The van der Waals surface area contributed by atoms with Crippen molar-refractivity contribution in [3.05, 3.63) is 53.4 Å². The van der Waals surface area contributed by atoms with Gasteiger partial charge in [0, 0.05) is 60.4 Å². The summed E-state index contributed by atoms with van der Waals surface area (Å²) < 4.78 is 7.47. The van der Waals surface area contributed by atoms with Crippen LogP contribution in [0.5, 0.6) is 5.75 Å². The Bertz CT molecular complexity index is 1310. The zero-order valence-corrected chi connectivity index (χ0v) is 23.6. The fourth-order valence-electron chi connectivity index (χ4n) is 6.41. The van der Waals surface area contributed by atoms with Crippen molar-refractivity contribution in [2.75, 3.05) is 49.1 Å². The lowest BCUT2D eigenvalue weighted by atomic mass is 9.87. The second-order valence-electron chi connectivity index (χ2n) is 11.2. The van der Waals surface area contributed by atoms with Crippen molar-refractivity contribution in [3.8, 4) is 5.75 Å². The maximum atomic E-state index is 13.3. The highest BCUT2D eigenvalue weighted by Gasteiger charge is 2.34. The summed E-state index contributed by atoms with van der Waals surface area (Å²) in [5, 5.41) is 3.56. The molecule has 1 aliphatic carbocycles. The number of anilines is 2. The Hall–Kier alpha value is -2.90. The van der Waals surface area contributed by atoms with E-state index in [-0.39, 0.29) is 17.7 Å². The van der Waals surface area contributed by atoms with Crippen molar-refractivity contribution in [3.63, 3.8) is 0 Å². The van der Waals surface area contributed by atoms with E-state index in [1.54, 1.807) is 0 Å². The highest BCUT2D eigenvalue weighted by Crippen LogP contribution is 2.35. The molecule has 1 aromatic heterocycles. The zero-order valence-electron chi connectivity index (χ0n) is 22.8. The molecule has 1 saturated heterocycles. The number of thiophene rings is 1. The Kier molecular flexibility index (Phi) is 8.16. The lowest BCUT2D eigenvalue weighted by Gasteiger charge is -2.36. The predicted octanol–water partition coefficient (Wildman–Crippen LogP) is 6.27. The normalized spacial score (nSPS) is 18.9. The van der Waals surface area contributed by atoms with Crippen LogP contribution < -0.4 is 14.5 Å². The molecular weight excluding hydrogens is 506 g/mol. The third kappa shape index (κ3) is 5.85. The largest absolute Gasteiger partial charge is 0.494 e. The molecule has 0 radical (unpaired) electrons. The maximum absolute atomic E-state index is 13.3. The monoisotopic (exact) mass is 545 g/mol. The Balaban J connectivity index is 0.971. The fourth-order valence-corrected chi connectivity index (χ4v) is 7.22. The van der Waals surface area contributed by atoms with Crippen LogP contribution >= 0.6 is 11.3 Å². The van der Waals surface area contributed by atoms with Crippen LogP contribution in [0.25, 0.3) is 10.1 Å². The van der Waals surface area contributed by atoms with Crippen LogP contribution in [0.15, 0.2) is 47.8 Å². The van der Waals surface area contributed by atoms with E-state index in [1.807, 2.05) is 29.5 Å². The number of piperazine rings is 1. The van der Waals surface area contributed by atoms with E-state index in [9.17, 15) is 9.59 Å². The summed E-state index contributed by atoms with van der Waals surface area (Å²) in [6.45, 7) is 6.03. The molecule has 2 fully saturated rings. The molecule has 2 aliphatic heterocycles. The van der Waals surface area contributed by atoms with E-state index >= 15 is 0 Å². The molecule has 0 N–H and O–H groups in total. The van der Waals surface area contributed by atoms with Gasteiger partial charge in [0.1, 0.15) is 5.75 Å². The molecular formula is C32H39N3O3S. The molecule has 6 rings (SSSR count). The summed E-state index contributed by atoms with van der Waals surface area (Å²) in [6, 6.07) is 14.8. The lowest BCUT2D eigenvalue weighted by molar-refractivity contribution is -0.129. The van der Waals surface area contributed by atoms with Crippen molar-refractivity contribution in [1.29, 1.82) is 0 Å². The van der Waals surface area contributed by atoms with Crippen LogP contribution in [0.4, 0.5) is 11.4 Å². The second-order valence-corrected chi connectivity index (χ2v) is 12.1. The van der Waals surface area contributed by atoms with Gasteiger partial charge in [0.25, 0.3) is 0 Å². The second kappa shape index (κ2) is 12.1. The van der Waals surface area contributed by atoms with Crippen LogP contribution in [0.1, 0.15) is 56.9 Å². The molecule has 0 unspecified atom stereocenters. The number of carbonyl (C=O) groups is 2. The van der Waals surface area contributed by atoms with Crippen LogP contribution in [0.2, 0.25) is 0 Å². The Labute approximate surface area is 235 Å². The first-order chi connectivity index (χ1) is 19.2. The SMILES string of the molecule is O=C1CCc2ccc(OCCCCN3CCN(c4cccc5sccc45)CC3)cc2N1C(=O)C1CCCCC1. The van der Waals surface area contributed by atoms with Crippen LogP contribution in [-0.2, 0) is 16.0 Å². The molecule has 0 atom stereocenters. The molecule has 1 saturated carbocycles. The number of ether oxygens (including phenoxy) is 1. The van der Waals surface area contributed by atoms with Gasteiger partial charge in [-0.2, -0.15) is 0 Å². The Morgan fingerprint density at radius 3 is 2.62 bits per heavy atom. The smallest absolute Gasteiger partial charge is 0.236 e. The van der Waals surface area contributed by atoms with E-state index in [4.69, 9.17) is 4.74 Å². The number of fused-ring (bicyclic) bond motifs is 2. The van der Waals surface area contributed by atoms with E-state index in [2.05, 4.69) is 39.4 Å². The number of hydrogen-bond donors (Lipinski definition) is 0. The van der Waals surface area contributed by atoms with Crippen LogP contribution in [0.3, 0.4) is 0 Å². The standard InChI is InChI=1S/C32H39N3O3S/c36-31-14-12-24-11-13-26(23-29(24)35(31)32(37)25-7-2-1-3-8-25)38-21-5-4-16-33-17-19-34(20-18-33)28-9-6-10-30-27(28)15-22-39-30/h6,9-11,13,15,22-23,25H,1-5,7-8,12,14,16-21H2. The minimum absolute atomic E-state index is 0.00935. The van der Waals surface area contributed by atoms with E-state index in [1.165, 1.54) is 27.1 Å². The number of benzene rings is 2. The van der Waals surface area contributed by atoms with Crippen molar-refractivity contribution in [2.24, 2.45) is 5.92 Å². The molecule has 3 heterocycles. The lowest BCUT2D eigenvalue weighted by Crippen LogP contribution is -2.46. The van der Waals surface area contributed by atoms with Gasteiger partial charge in [-0.25, -0.2) is 4.90 Å². The van der Waals surface area contributed by atoms with Gasteiger partial charge in [0.2, 0.25) is 11.8 Å². The first-order valence-electron chi connectivity index (χ1n) is 14.7. The molecule has 0 spiro atoms. The minimum atomic E-state index is -0.0673. The van der Waals surface area contributed by atoms with Crippen LogP contribution in [0, 0.1) is 5.92 Å². The summed E-state index contributed by atoms with van der Waals surface area (Å²) in [6.07, 6.45) is 8.31. The molecule has 6 nitrogen and oxygen atoms in total. The van der Waals surface area contributed by atoms with Gasteiger partial charge >= 0.3 is 0 Å². The average molecular weight is 546 g/mol. The van der Waals surface area contributed by atoms with Gasteiger partial charge in [-0.15, -0.1) is 11.3 Å².